The monoisotopic (exact) mass is 366 g/mol. The van der Waals surface area contributed by atoms with E-state index >= 15 is 0 Å². The molecule has 26 heavy (non-hydrogen) atoms. The Labute approximate surface area is 157 Å². The van der Waals surface area contributed by atoms with E-state index in [2.05, 4.69) is 26.7 Å². The van der Waals surface area contributed by atoms with Gasteiger partial charge in [0.1, 0.15) is 17.8 Å². The van der Waals surface area contributed by atoms with Gasteiger partial charge in [0.15, 0.2) is 0 Å². The standard InChI is InChI=1S/C20H19ClN4O/c1-13-7-8-17(14(2)9-13)25-19-10-18(23-12-24-19)20(26)22-11-15-5-3-4-6-16(15)21/h3-10,12H,11H2,1-2H3,(H,22,26)(H,23,24,25). The molecular formula is C20H19ClN4O. The molecule has 6 heteroatoms. The number of rotatable bonds is 5. The molecule has 0 aliphatic rings. The highest BCUT2D eigenvalue weighted by Gasteiger charge is 2.10. The van der Waals surface area contributed by atoms with Crippen molar-refractivity contribution in [1.82, 2.24) is 15.3 Å². The summed E-state index contributed by atoms with van der Waals surface area (Å²) < 4.78 is 0. The first-order valence-corrected chi connectivity index (χ1v) is 8.58. The van der Waals surface area contributed by atoms with Crippen LogP contribution >= 0.6 is 11.6 Å². The normalized spacial score (nSPS) is 10.4. The fourth-order valence-corrected chi connectivity index (χ4v) is 2.75. The van der Waals surface area contributed by atoms with Crippen molar-refractivity contribution in [2.45, 2.75) is 20.4 Å². The van der Waals surface area contributed by atoms with Crippen LogP contribution in [0.2, 0.25) is 5.02 Å². The van der Waals surface area contributed by atoms with Gasteiger partial charge in [-0.25, -0.2) is 9.97 Å². The van der Waals surface area contributed by atoms with Gasteiger partial charge in [-0.05, 0) is 37.1 Å². The average molecular weight is 367 g/mol. The Hall–Kier alpha value is -2.92. The smallest absolute Gasteiger partial charge is 0.270 e. The minimum absolute atomic E-state index is 0.281. The van der Waals surface area contributed by atoms with Crippen molar-refractivity contribution in [3.05, 3.63) is 82.3 Å². The predicted molar refractivity (Wildman–Crippen MR) is 104 cm³/mol. The number of carbonyl (C=O) groups excluding carboxylic acids is 1. The van der Waals surface area contributed by atoms with E-state index in [0.717, 1.165) is 16.8 Å². The molecule has 0 saturated carbocycles. The van der Waals surface area contributed by atoms with E-state index in [1.807, 2.05) is 44.2 Å². The molecule has 3 aromatic rings. The van der Waals surface area contributed by atoms with Crippen molar-refractivity contribution in [2.75, 3.05) is 5.32 Å². The van der Waals surface area contributed by atoms with Crippen LogP contribution in [0.5, 0.6) is 0 Å². The van der Waals surface area contributed by atoms with E-state index in [9.17, 15) is 4.79 Å². The number of anilines is 2. The fourth-order valence-electron chi connectivity index (χ4n) is 2.55. The Kier molecular flexibility index (Phi) is 5.49. The van der Waals surface area contributed by atoms with Crippen molar-refractivity contribution in [1.29, 1.82) is 0 Å². The predicted octanol–water partition coefficient (Wildman–Crippen LogP) is 4.42. The first-order chi connectivity index (χ1) is 12.5. The number of hydrogen-bond acceptors (Lipinski definition) is 4. The van der Waals surface area contributed by atoms with Crippen LogP contribution in [0, 0.1) is 13.8 Å². The summed E-state index contributed by atoms with van der Waals surface area (Å²) in [5.41, 5.74) is 4.38. The van der Waals surface area contributed by atoms with Crippen LogP contribution in [0.25, 0.3) is 0 Å². The summed E-state index contributed by atoms with van der Waals surface area (Å²) in [5.74, 6) is 0.283. The maximum Gasteiger partial charge on any atom is 0.270 e. The van der Waals surface area contributed by atoms with Gasteiger partial charge < -0.3 is 10.6 Å². The van der Waals surface area contributed by atoms with Crippen molar-refractivity contribution >= 4 is 29.0 Å². The van der Waals surface area contributed by atoms with Crippen LogP contribution in [0.15, 0.2) is 54.9 Å². The Bertz CT molecular complexity index is 943. The van der Waals surface area contributed by atoms with Crippen molar-refractivity contribution in [3.63, 3.8) is 0 Å². The van der Waals surface area contributed by atoms with Crippen molar-refractivity contribution in [3.8, 4) is 0 Å². The lowest BCUT2D eigenvalue weighted by Gasteiger charge is -2.10. The largest absolute Gasteiger partial charge is 0.347 e. The SMILES string of the molecule is Cc1ccc(Nc2cc(C(=O)NCc3ccccc3Cl)ncn2)c(C)c1. The van der Waals surface area contributed by atoms with E-state index in [0.29, 0.717) is 23.1 Å². The summed E-state index contributed by atoms with van der Waals surface area (Å²) in [7, 11) is 0. The summed E-state index contributed by atoms with van der Waals surface area (Å²) in [6, 6.07) is 15.1. The molecule has 0 atom stereocenters. The molecule has 1 aromatic heterocycles. The van der Waals surface area contributed by atoms with Crippen LogP contribution in [0.4, 0.5) is 11.5 Å². The highest BCUT2D eigenvalue weighted by atomic mass is 35.5. The Morgan fingerprint density at radius 3 is 2.65 bits per heavy atom. The molecular weight excluding hydrogens is 348 g/mol. The minimum atomic E-state index is -0.281. The number of nitrogens with zero attached hydrogens (tertiary/aromatic N) is 2. The van der Waals surface area contributed by atoms with Crippen molar-refractivity contribution < 1.29 is 4.79 Å². The molecule has 132 valence electrons. The highest BCUT2D eigenvalue weighted by Crippen LogP contribution is 2.20. The lowest BCUT2D eigenvalue weighted by Crippen LogP contribution is -2.24. The van der Waals surface area contributed by atoms with Gasteiger partial charge in [0.25, 0.3) is 5.91 Å². The van der Waals surface area contributed by atoms with Gasteiger partial charge in [-0.2, -0.15) is 0 Å². The maximum absolute atomic E-state index is 12.4. The van der Waals surface area contributed by atoms with Crippen molar-refractivity contribution in [2.24, 2.45) is 0 Å². The Morgan fingerprint density at radius 2 is 1.88 bits per heavy atom. The molecule has 1 amide bonds. The number of benzene rings is 2. The first-order valence-electron chi connectivity index (χ1n) is 8.21. The summed E-state index contributed by atoms with van der Waals surface area (Å²) in [6.07, 6.45) is 1.37. The van der Waals surface area contributed by atoms with Crippen LogP contribution in [-0.4, -0.2) is 15.9 Å². The third-order valence-electron chi connectivity index (χ3n) is 3.94. The van der Waals surface area contributed by atoms with Crippen LogP contribution < -0.4 is 10.6 Å². The van der Waals surface area contributed by atoms with Crippen LogP contribution in [0.3, 0.4) is 0 Å². The summed E-state index contributed by atoms with van der Waals surface area (Å²) >= 11 is 6.11. The second-order valence-corrected chi connectivity index (χ2v) is 6.41. The molecule has 0 unspecified atom stereocenters. The zero-order valence-electron chi connectivity index (χ0n) is 14.6. The molecule has 5 nitrogen and oxygen atoms in total. The molecule has 2 N–H and O–H groups in total. The number of nitrogens with one attached hydrogen (secondary N) is 2. The minimum Gasteiger partial charge on any atom is -0.347 e. The molecule has 2 aromatic carbocycles. The quantitative estimate of drug-likeness (QED) is 0.701. The fraction of sp³-hybridized carbons (Fsp3) is 0.150. The molecule has 3 rings (SSSR count). The molecule has 0 fully saturated rings. The van der Waals surface area contributed by atoms with Gasteiger partial charge in [0.05, 0.1) is 0 Å². The number of aromatic nitrogens is 2. The number of aryl methyl sites for hydroxylation is 2. The second kappa shape index (κ2) is 7.97. The zero-order valence-corrected chi connectivity index (χ0v) is 15.3. The van der Waals surface area contributed by atoms with Crippen LogP contribution in [-0.2, 0) is 6.54 Å². The van der Waals surface area contributed by atoms with E-state index in [-0.39, 0.29) is 5.91 Å². The lowest BCUT2D eigenvalue weighted by atomic mass is 10.1. The van der Waals surface area contributed by atoms with E-state index in [4.69, 9.17) is 11.6 Å². The van der Waals surface area contributed by atoms with Crippen LogP contribution in [0.1, 0.15) is 27.2 Å². The average Bonchev–Trinajstić information content (AvgIpc) is 2.63. The molecule has 0 spiro atoms. The Balaban J connectivity index is 1.70. The Morgan fingerprint density at radius 1 is 1.08 bits per heavy atom. The molecule has 0 aliphatic heterocycles. The third-order valence-corrected chi connectivity index (χ3v) is 4.31. The summed E-state index contributed by atoms with van der Waals surface area (Å²) in [5, 5.41) is 6.67. The number of hydrogen-bond donors (Lipinski definition) is 2. The zero-order chi connectivity index (χ0) is 18.5. The van der Waals surface area contributed by atoms with E-state index in [1.165, 1.54) is 11.9 Å². The molecule has 0 aliphatic carbocycles. The lowest BCUT2D eigenvalue weighted by molar-refractivity contribution is 0.0946. The third kappa shape index (κ3) is 4.37. The van der Waals surface area contributed by atoms with Gasteiger partial charge in [0.2, 0.25) is 0 Å². The summed E-state index contributed by atoms with van der Waals surface area (Å²) in [4.78, 5) is 20.6. The van der Waals surface area contributed by atoms with E-state index < -0.39 is 0 Å². The van der Waals surface area contributed by atoms with Gasteiger partial charge in [-0.15, -0.1) is 0 Å². The number of halogens is 1. The van der Waals surface area contributed by atoms with Gasteiger partial charge in [0, 0.05) is 23.3 Å². The second-order valence-electron chi connectivity index (χ2n) is 6.01. The molecule has 0 radical (unpaired) electrons. The molecule has 1 heterocycles. The van der Waals surface area contributed by atoms with Gasteiger partial charge >= 0.3 is 0 Å². The van der Waals surface area contributed by atoms with Gasteiger partial charge in [-0.1, -0.05) is 47.5 Å². The van der Waals surface area contributed by atoms with E-state index in [1.54, 1.807) is 12.1 Å². The number of carbonyl (C=O) groups is 1. The highest BCUT2D eigenvalue weighted by molar-refractivity contribution is 6.31. The topological polar surface area (TPSA) is 66.9 Å². The summed E-state index contributed by atoms with van der Waals surface area (Å²) in [6.45, 7) is 4.40. The molecule has 0 saturated heterocycles. The number of amides is 1. The molecule has 0 bridgehead atoms. The maximum atomic E-state index is 12.4. The van der Waals surface area contributed by atoms with Gasteiger partial charge in [-0.3, -0.25) is 4.79 Å². The first kappa shape index (κ1) is 17.9.